The van der Waals surface area contributed by atoms with Crippen molar-refractivity contribution in [2.45, 2.75) is 33.2 Å². The van der Waals surface area contributed by atoms with Gasteiger partial charge in [-0.1, -0.05) is 13.8 Å². The Bertz CT molecular complexity index is 387. The number of aromatic amines is 1. The summed E-state index contributed by atoms with van der Waals surface area (Å²) < 4.78 is 4.75. The van der Waals surface area contributed by atoms with E-state index in [0.717, 1.165) is 0 Å². The van der Waals surface area contributed by atoms with E-state index in [1.54, 1.807) is 6.92 Å². The fraction of sp³-hybridized carbons (Fsp3) is 0.636. The molecule has 0 bridgehead atoms. The van der Waals surface area contributed by atoms with Crippen LogP contribution in [0.3, 0.4) is 0 Å². The van der Waals surface area contributed by atoms with Crippen molar-refractivity contribution in [3.05, 3.63) is 5.82 Å². The third kappa shape index (κ3) is 3.65. The van der Waals surface area contributed by atoms with Gasteiger partial charge in [0.15, 0.2) is 5.82 Å². The molecule has 17 heavy (non-hydrogen) atoms. The lowest BCUT2D eigenvalue weighted by Gasteiger charge is -2.18. The summed E-state index contributed by atoms with van der Waals surface area (Å²) in [5, 5.41) is 3.01. The molecule has 0 aromatic carbocycles. The van der Waals surface area contributed by atoms with Crippen LogP contribution in [0.25, 0.3) is 0 Å². The number of hydrogen-bond donors (Lipinski definition) is 3. The molecule has 1 aromatic rings. The molecule has 0 amide bonds. The molecule has 0 aliphatic rings. The highest BCUT2D eigenvalue weighted by atomic mass is 16.5. The van der Waals surface area contributed by atoms with Crippen LogP contribution in [0.15, 0.2) is 0 Å². The summed E-state index contributed by atoms with van der Waals surface area (Å²) in [6, 6.07) is -0.426. The summed E-state index contributed by atoms with van der Waals surface area (Å²) in [7, 11) is 1.37. The number of carbonyl (C=O) groups excluding carboxylic acids is 1. The van der Waals surface area contributed by atoms with Gasteiger partial charge in [0.1, 0.15) is 17.7 Å². The van der Waals surface area contributed by atoms with Gasteiger partial charge in [0.25, 0.3) is 0 Å². The zero-order valence-electron chi connectivity index (χ0n) is 10.7. The number of esters is 1. The van der Waals surface area contributed by atoms with Gasteiger partial charge in [-0.3, -0.25) is 0 Å². The fourth-order valence-corrected chi connectivity index (χ4v) is 1.61. The number of aryl methyl sites for hydroxylation is 1. The summed E-state index contributed by atoms with van der Waals surface area (Å²) in [5.74, 6) is 1.70. The minimum atomic E-state index is -0.426. The lowest BCUT2D eigenvalue weighted by molar-refractivity contribution is -0.141. The molecule has 4 N–H and O–H groups in total. The lowest BCUT2D eigenvalue weighted by Crippen LogP contribution is -2.32. The van der Waals surface area contributed by atoms with Gasteiger partial charge in [0.2, 0.25) is 0 Å². The highest BCUT2D eigenvalue weighted by Crippen LogP contribution is 2.18. The summed E-state index contributed by atoms with van der Waals surface area (Å²) in [4.78, 5) is 18.7. The van der Waals surface area contributed by atoms with Crippen molar-refractivity contribution in [3.8, 4) is 0 Å². The Morgan fingerprint density at radius 1 is 1.59 bits per heavy atom. The normalized spacial score (nSPS) is 12.5. The molecule has 0 aliphatic carbocycles. The molecular weight excluding hydrogens is 220 g/mol. The highest BCUT2D eigenvalue weighted by molar-refractivity contribution is 5.80. The van der Waals surface area contributed by atoms with Crippen molar-refractivity contribution >= 4 is 17.6 Å². The average molecular weight is 240 g/mol. The number of rotatable bonds is 5. The van der Waals surface area contributed by atoms with Crippen LogP contribution in [0.2, 0.25) is 0 Å². The Morgan fingerprint density at radius 3 is 2.65 bits per heavy atom. The molecular formula is C11H20N4O2. The van der Waals surface area contributed by atoms with Gasteiger partial charge < -0.3 is 20.8 Å². The maximum Gasteiger partial charge on any atom is 0.328 e. The van der Waals surface area contributed by atoms with Gasteiger partial charge >= 0.3 is 5.97 Å². The molecule has 1 heterocycles. The smallest absolute Gasteiger partial charge is 0.328 e. The summed E-state index contributed by atoms with van der Waals surface area (Å²) in [6.07, 6.45) is 0.665. The predicted molar refractivity (Wildman–Crippen MR) is 66.6 cm³/mol. The number of H-pyrrole nitrogens is 1. The Morgan fingerprint density at radius 2 is 2.24 bits per heavy atom. The van der Waals surface area contributed by atoms with Crippen LogP contribution in [-0.2, 0) is 9.53 Å². The zero-order valence-corrected chi connectivity index (χ0v) is 10.7. The van der Waals surface area contributed by atoms with Gasteiger partial charge in [-0.05, 0) is 19.3 Å². The van der Waals surface area contributed by atoms with E-state index in [2.05, 4.69) is 15.3 Å². The van der Waals surface area contributed by atoms with Crippen LogP contribution in [0.5, 0.6) is 0 Å². The van der Waals surface area contributed by atoms with Crippen molar-refractivity contribution in [2.75, 3.05) is 18.2 Å². The molecule has 0 fully saturated rings. The fourth-order valence-electron chi connectivity index (χ4n) is 1.61. The average Bonchev–Trinajstić information content (AvgIpc) is 2.54. The number of nitrogen functional groups attached to an aromatic ring is 1. The lowest BCUT2D eigenvalue weighted by atomic mass is 10.0. The number of nitrogens with one attached hydrogen (secondary N) is 2. The quantitative estimate of drug-likeness (QED) is 0.674. The van der Waals surface area contributed by atoms with E-state index in [4.69, 9.17) is 10.5 Å². The number of ether oxygens (including phenoxy) is 1. The van der Waals surface area contributed by atoms with Crippen molar-refractivity contribution in [2.24, 2.45) is 5.92 Å². The number of methoxy groups -OCH3 is 1. The Balaban J connectivity index is 2.78. The molecule has 6 nitrogen and oxygen atoms in total. The van der Waals surface area contributed by atoms with Crippen LogP contribution in [-0.4, -0.2) is 29.1 Å². The highest BCUT2D eigenvalue weighted by Gasteiger charge is 2.22. The first-order valence-electron chi connectivity index (χ1n) is 5.60. The van der Waals surface area contributed by atoms with Crippen LogP contribution >= 0.6 is 0 Å². The van der Waals surface area contributed by atoms with Gasteiger partial charge in [-0.25, -0.2) is 9.78 Å². The van der Waals surface area contributed by atoms with Gasteiger partial charge in [-0.2, -0.15) is 0 Å². The Hall–Kier alpha value is -1.72. The number of imidazole rings is 1. The summed E-state index contributed by atoms with van der Waals surface area (Å²) in [6.45, 7) is 5.88. The van der Waals surface area contributed by atoms with E-state index in [-0.39, 0.29) is 5.97 Å². The SMILES string of the molecule is COC(=O)C(CC(C)C)Nc1nc(C)[nH]c1N. The maximum atomic E-state index is 11.6. The monoisotopic (exact) mass is 240 g/mol. The number of carbonyl (C=O) groups is 1. The van der Waals surface area contributed by atoms with Crippen molar-refractivity contribution < 1.29 is 9.53 Å². The second-order valence-corrected chi connectivity index (χ2v) is 4.43. The van der Waals surface area contributed by atoms with Gasteiger partial charge in [0, 0.05) is 0 Å². The van der Waals surface area contributed by atoms with Crippen LogP contribution in [0.4, 0.5) is 11.6 Å². The number of hydrogen-bond acceptors (Lipinski definition) is 5. The second-order valence-electron chi connectivity index (χ2n) is 4.43. The molecule has 1 rings (SSSR count). The Labute approximate surface area is 101 Å². The molecule has 0 radical (unpaired) electrons. The summed E-state index contributed by atoms with van der Waals surface area (Å²) >= 11 is 0. The van der Waals surface area contributed by atoms with E-state index < -0.39 is 6.04 Å². The Kier molecular flexibility index (Phi) is 4.37. The number of nitrogens with two attached hydrogens (primary N) is 1. The van der Waals surface area contributed by atoms with E-state index in [1.165, 1.54) is 7.11 Å². The van der Waals surface area contributed by atoms with E-state index in [0.29, 0.717) is 29.8 Å². The molecule has 0 saturated carbocycles. The van der Waals surface area contributed by atoms with Crippen molar-refractivity contribution in [1.29, 1.82) is 0 Å². The van der Waals surface area contributed by atoms with Crippen molar-refractivity contribution in [1.82, 2.24) is 9.97 Å². The number of aromatic nitrogens is 2. The maximum absolute atomic E-state index is 11.6. The molecule has 1 atom stereocenters. The van der Waals surface area contributed by atoms with Crippen LogP contribution < -0.4 is 11.1 Å². The third-order valence-electron chi connectivity index (χ3n) is 2.35. The number of anilines is 2. The molecule has 96 valence electrons. The van der Waals surface area contributed by atoms with E-state index >= 15 is 0 Å². The predicted octanol–water partition coefficient (Wildman–Crippen LogP) is 1.30. The zero-order chi connectivity index (χ0) is 13.0. The topological polar surface area (TPSA) is 93.0 Å². The summed E-state index contributed by atoms with van der Waals surface area (Å²) in [5.41, 5.74) is 5.73. The second kappa shape index (κ2) is 5.56. The first kappa shape index (κ1) is 13.3. The largest absolute Gasteiger partial charge is 0.467 e. The number of nitrogens with zero attached hydrogens (tertiary/aromatic N) is 1. The third-order valence-corrected chi connectivity index (χ3v) is 2.35. The van der Waals surface area contributed by atoms with E-state index in [9.17, 15) is 4.79 Å². The van der Waals surface area contributed by atoms with Crippen LogP contribution in [0, 0.1) is 12.8 Å². The molecule has 1 unspecified atom stereocenters. The molecule has 0 aliphatic heterocycles. The minimum absolute atomic E-state index is 0.307. The van der Waals surface area contributed by atoms with Crippen LogP contribution in [0.1, 0.15) is 26.1 Å². The van der Waals surface area contributed by atoms with Gasteiger partial charge in [-0.15, -0.1) is 0 Å². The minimum Gasteiger partial charge on any atom is -0.467 e. The standard InChI is InChI=1S/C11H20N4O2/c1-6(2)5-8(11(16)17-4)15-10-9(12)13-7(3)14-10/h6,8,15H,5,12H2,1-4H3,(H,13,14). The van der Waals surface area contributed by atoms with E-state index in [1.807, 2.05) is 13.8 Å². The van der Waals surface area contributed by atoms with Gasteiger partial charge in [0.05, 0.1) is 7.11 Å². The molecule has 0 saturated heterocycles. The first-order valence-corrected chi connectivity index (χ1v) is 5.60. The first-order chi connectivity index (χ1) is 7.93. The molecule has 1 aromatic heterocycles. The molecule has 6 heteroatoms. The molecule has 0 spiro atoms. The van der Waals surface area contributed by atoms with Crippen molar-refractivity contribution in [3.63, 3.8) is 0 Å².